The minimum absolute atomic E-state index is 0.623. The van der Waals surface area contributed by atoms with Crippen molar-refractivity contribution in [1.82, 2.24) is 5.32 Å². The van der Waals surface area contributed by atoms with Crippen LogP contribution in [-0.4, -0.2) is 6.54 Å². The molecule has 0 amide bonds. The number of fused-ring (bicyclic) bond motifs is 1. The van der Waals surface area contributed by atoms with Gasteiger partial charge in [-0.25, -0.2) is 0 Å². The molecule has 1 aromatic heterocycles. The summed E-state index contributed by atoms with van der Waals surface area (Å²) in [6, 6.07) is 8.30. The van der Waals surface area contributed by atoms with E-state index in [0.29, 0.717) is 10.0 Å². The molecule has 23 heavy (non-hydrogen) atoms. The Morgan fingerprint density at radius 3 is 2.87 bits per heavy atom. The molecule has 1 unspecified atom stereocenters. The fourth-order valence-electron chi connectivity index (χ4n) is 3.24. The van der Waals surface area contributed by atoms with Crippen molar-refractivity contribution in [2.24, 2.45) is 5.92 Å². The van der Waals surface area contributed by atoms with Crippen molar-refractivity contribution < 1.29 is 0 Å². The maximum Gasteiger partial charge on any atom is 0.0595 e. The molecule has 0 bridgehead atoms. The predicted molar refractivity (Wildman–Crippen MR) is 102 cm³/mol. The first kappa shape index (κ1) is 17.3. The maximum absolute atomic E-state index is 6.05. The molecule has 0 saturated carbocycles. The Hall–Kier alpha value is -0.540. The van der Waals surface area contributed by atoms with Crippen LogP contribution in [0.3, 0.4) is 0 Å². The summed E-state index contributed by atoms with van der Waals surface area (Å²) in [5.74, 6) is 0.896. The highest BCUT2D eigenvalue weighted by molar-refractivity contribution is 7.12. The summed E-state index contributed by atoms with van der Waals surface area (Å²) in [7, 11) is 0. The zero-order valence-electron chi connectivity index (χ0n) is 13.5. The van der Waals surface area contributed by atoms with E-state index in [2.05, 4.69) is 18.3 Å². The molecular formula is C19H23Cl2NS. The summed E-state index contributed by atoms with van der Waals surface area (Å²) < 4.78 is 0. The lowest BCUT2D eigenvalue weighted by atomic mass is 9.87. The molecule has 0 radical (unpaired) electrons. The Labute approximate surface area is 153 Å². The highest BCUT2D eigenvalue weighted by atomic mass is 35.5. The third-order valence-corrected chi connectivity index (χ3v) is 6.66. The molecule has 1 aliphatic rings. The van der Waals surface area contributed by atoms with Gasteiger partial charge in [0.25, 0.3) is 0 Å². The smallest absolute Gasteiger partial charge is 0.0595 e. The zero-order valence-corrected chi connectivity index (χ0v) is 15.8. The normalized spacial score (nSPS) is 17.3. The Morgan fingerprint density at radius 2 is 2.09 bits per heavy atom. The third kappa shape index (κ3) is 4.51. The van der Waals surface area contributed by atoms with Crippen molar-refractivity contribution in [1.29, 1.82) is 0 Å². The average molecular weight is 368 g/mol. The van der Waals surface area contributed by atoms with Gasteiger partial charge in [0.05, 0.1) is 10.0 Å². The van der Waals surface area contributed by atoms with Crippen LogP contribution in [0.5, 0.6) is 0 Å². The van der Waals surface area contributed by atoms with Crippen LogP contribution in [0.2, 0.25) is 10.0 Å². The summed E-state index contributed by atoms with van der Waals surface area (Å²) in [4.78, 5) is 3.09. The Balaban J connectivity index is 1.48. The number of aryl methyl sites for hydroxylation is 1. The van der Waals surface area contributed by atoms with Gasteiger partial charge in [0.1, 0.15) is 0 Å². The number of halogens is 2. The molecule has 0 aliphatic heterocycles. The highest BCUT2D eigenvalue weighted by Crippen LogP contribution is 2.33. The lowest BCUT2D eigenvalue weighted by Crippen LogP contribution is -2.16. The number of benzene rings is 1. The van der Waals surface area contributed by atoms with E-state index in [4.69, 9.17) is 23.2 Å². The van der Waals surface area contributed by atoms with Crippen LogP contribution >= 0.6 is 34.5 Å². The topological polar surface area (TPSA) is 12.0 Å². The van der Waals surface area contributed by atoms with Gasteiger partial charge in [-0.2, -0.15) is 0 Å². The van der Waals surface area contributed by atoms with Crippen molar-refractivity contribution >= 4 is 34.5 Å². The monoisotopic (exact) mass is 367 g/mol. The van der Waals surface area contributed by atoms with Gasteiger partial charge in [0.15, 0.2) is 0 Å². The van der Waals surface area contributed by atoms with Gasteiger partial charge in [0.2, 0.25) is 0 Å². The molecule has 1 aromatic carbocycles. The summed E-state index contributed by atoms with van der Waals surface area (Å²) >= 11 is 14.0. The van der Waals surface area contributed by atoms with Gasteiger partial charge < -0.3 is 5.32 Å². The van der Waals surface area contributed by atoms with Crippen LogP contribution < -0.4 is 5.32 Å². The number of nitrogens with one attached hydrogen (secondary N) is 1. The van der Waals surface area contributed by atoms with Gasteiger partial charge in [0, 0.05) is 16.3 Å². The molecular weight excluding hydrogens is 345 g/mol. The minimum atomic E-state index is 0.623. The van der Waals surface area contributed by atoms with Gasteiger partial charge >= 0.3 is 0 Å². The second-order valence-corrected chi connectivity index (χ2v) is 8.39. The molecule has 1 heterocycles. The average Bonchev–Trinajstić information content (AvgIpc) is 2.96. The molecule has 4 heteroatoms. The van der Waals surface area contributed by atoms with Crippen LogP contribution in [0.15, 0.2) is 24.3 Å². The number of thiophene rings is 1. The summed E-state index contributed by atoms with van der Waals surface area (Å²) in [5, 5.41) is 4.82. The van der Waals surface area contributed by atoms with E-state index in [1.54, 1.807) is 10.4 Å². The number of hydrogen-bond donors (Lipinski definition) is 1. The van der Waals surface area contributed by atoms with Crippen LogP contribution in [0, 0.1) is 5.92 Å². The summed E-state index contributed by atoms with van der Waals surface area (Å²) in [5.41, 5.74) is 2.83. The molecule has 0 spiro atoms. The fourth-order valence-corrected chi connectivity index (χ4v) is 4.74. The van der Waals surface area contributed by atoms with E-state index in [1.807, 2.05) is 29.5 Å². The van der Waals surface area contributed by atoms with Crippen molar-refractivity contribution in [2.45, 2.75) is 45.6 Å². The minimum Gasteiger partial charge on any atom is -0.312 e. The van der Waals surface area contributed by atoms with E-state index >= 15 is 0 Å². The second kappa shape index (κ2) is 8.02. The number of rotatable bonds is 6. The standard InChI is InChI=1S/C19H23Cl2NS/c1-2-13-4-6-19-15(9-13)11-16(23-19)12-22-8-7-14-3-5-17(20)18(21)10-14/h3,5,10-11,13,22H,2,4,6-9,12H2,1H3. The Morgan fingerprint density at radius 1 is 1.22 bits per heavy atom. The van der Waals surface area contributed by atoms with E-state index in [0.717, 1.165) is 25.4 Å². The van der Waals surface area contributed by atoms with E-state index < -0.39 is 0 Å². The Kier molecular flexibility index (Phi) is 6.03. The summed E-state index contributed by atoms with van der Waals surface area (Å²) in [6.45, 7) is 4.24. The van der Waals surface area contributed by atoms with Gasteiger partial charge in [-0.15, -0.1) is 11.3 Å². The molecule has 0 fully saturated rings. The molecule has 0 saturated heterocycles. The lowest BCUT2D eigenvalue weighted by Gasteiger charge is -2.20. The third-order valence-electron chi connectivity index (χ3n) is 4.69. The first-order valence-corrected chi connectivity index (χ1v) is 9.98. The lowest BCUT2D eigenvalue weighted by molar-refractivity contribution is 0.449. The molecule has 1 atom stereocenters. The van der Waals surface area contributed by atoms with E-state index in [9.17, 15) is 0 Å². The first-order chi connectivity index (χ1) is 11.2. The van der Waals surface area contributed by atoms with Gasteiger partial charge in [-0.3, -0.25) is 0 Å². The first-order valence-electron chi connectivity index (χ1n) is 8.40. The van der Waals surface area contributed by atoms with Crippen LogP contribution in [-0.2, 0) is 25.8 Å². The van der Waals surface area contributed by atoms with Crippen molar-refractivity contribution in [3.8, 4) is 0 Å². The van der Waals surface area contributed by atoms with Crippen LogP contribution in [0.25, 0.3) is 0 Å². The Bertz CT molecular complexity index is 665. The van der Waals surface area contributed by atoms with Gasteiger partial charge in [-0.05, 0) is 67.5 Å². The van der Waals surface area contributed by atoms with Crippen molar-refractivity contribution in [3.63, 3.8) is 0 Å². The molecule has 1 aliphatic carbocycles. The molecule has 124 valence electrons. The van der Waals surface area contributed by atoms with Crippen molar-refractivity contribution in [3.05, 3.63) is 55.2 Å². The summed E-state index contributed by atoms with van der Waals surface area (Å²) in [6.07, 6.45) is 6.22. The molecule has 1 N–H and O–H groups in total. The van der Waals surface area contributed by atoms with Crippen LogP contribution in [0.1, 0.15) is 40.6 Å². The molecule has 1 nitrogen and oxygen atoms in total. The SMILES string of the molecule is CCC1CCc2sc(CNCCc3ccc(Cl)c(Cl)c3)cc2C1. The van der Waals surface area contributed by atoms with E-state index in [-0.39, 0.29) is 0 Å². The molecule has 3 rings (SSSR count). The van der Waals surface area contributed by atoms with Gasteiger partial charge in [-0.1, -0.05) is 42.6 Å². The maximum atomic E-state index is 6.05. The second-order valence-electron chi connectivity index (χ2n) is 6.35. The van der Waals surface area contributed by atoms with Crippen molar-refractivity contribution in [2.75, 3.05) is 6.54 Å². The number of hydrogen-bond acceptors (Lipinski definition) is 2. The zero-order chi connectivity index (χ0) is 16.2. The van der Waals surface area contributed by atoms with E-state index in [1.165, 1.54) is 36.1 Å². The van der Waals surface area contributed by atoms with Crippen LogP contribution in [0.4, 0.5) is 0 Å². The predicted octanol–water partition coefficient (Wildman–Crippen LogP) is 5.90. The largest absolute Gasteiger partial charge is 0.312 e. The molecule has 2 aromatic rings. The quantitative estimate of drug-likeness (QED) is 0.626. The fraction of sp³-hybridized carbons (Fsp3) is 0.474. The highest BCUT2D eigenvalue weighted by Gasteiger charge is 2.19.